The fourth-order valence-corrected chi connectivity index (χ4v) is 4.07. The van der Waals surface area contributed by atoms with Crippen molar-refractivity contribution in [3.8, 4) is 0 Å². The second-order valence-corrected chi connectivity index (χ2v) is 6.56. The molecule has 4 heterocycles. The first-order valence-electron chi connectivity index (χ1n) is 7.48. The molecule has 0 saturated carbocycles. The van der Waals surface area contributed by atoms with Crippen molar-refractivity contribution in [3.63, 3.8) is 0 Å². The first kappa shape index (κ1) is 13.8. The van der Waals surface area contributed by atoms with Gasteiger partial charge in [0.15, 0.2) is 0 Å². The van der Waals surface area contributed by atoms with Crippen LogP contribution in [0, 0.1) is 0 Å². The Morgan fingerprint density at radius 1 is 1.27 bits per heavy atom. The molecule has 116 valence electrons. The number of H-pyrrole nitrogens is 1. The standard InChI is InChI=1S/C15H17N3O3S/c19-12-7-11(9-3-6-22-8-9)13-14(16-12)18(17-15(13)20)10-1-4-21-5-2-10/h3,6,8,10-11H,1-2,4-5,7H2,(H,16,19)(H,17,20)/t11-/m1/s1. The summed E-state index contributed by atoms with van der Waals surface area (Å²) in [6, 6.07) is 2.16. The van der Waals surface area contributed by atoms with Crippen LogP contribution < -0.4 is 10.9 Å². The van der Waals surface area contributed by atoms with Gasteiger partial charge in [0.1, 0.15) is 5.82 Å². The zero-order valence-corrected chi connectivity index (χ0v) is 12.8. The smallest absolute Gasteiger partial charge is 0.270 e. The molecular weight excluding hydrogens is 302 g/mol. The number of anilines is 1. The number of aromatic amines is 1. The third-order valence-corrected chi connectivity index (χ3v) is 5.16. The molecule has 1 saturated heterocycles. The molecule has 1 fully saturated rings. The fourth-order valence-electron chi connectivity index (χ4n) is 3.36. The molecule has 0 unspecified atom stereocenters. The number of hydrogen-bond acceptors (Lipinski definition) is 4. The zero-order valence-electron chi connectivity index (χ0n) is 12.0. The van der Waals surface area contributed by atoms with Crippen LogP contribution in [0.2, 0.25) is 0 Å². The normalized spacial score (nSPS) is 22.4. The molecule has 2 aliphatic rings. The van der Waals surface area contributed by atoms with Crippen LogP contribution in [0.1, 0.15) is 42.3 Å². The van der Waals surface area contributed by atoms with Gasteiger partial charge in [0, 0.05) is 25.6 Å². The lowest BCUT2D eigenvalue weighted by molar-refractivity contribution is -0.116. The van der Waals surface area contributed by atoms with E-state index < -0.39 is 0 Å². The second-order valence-electron chi connectivity index (χ2n) is 5.78. The first-order chi connectivity index (χ1) is 10.7. The predicted molar refractivity (Wildman–Crippen MR) is 83.6 cm³/mol. The first-order valence-corrected chi connectivity index (χ1v) is 8.42. The Labute approximate surface area is 131 Å². The van der Waals surface area contributed by atoms with Gasteiger partial charge >= 0.3 is 0 Å². The summed E-state index contributed by atoms with van der Waals surface area (Å²) in [5, 5.41) is 9.81. The van der Waals surface area contributed by atoms with Crippen LogP contribution in [0.5, 0.6) is 0 Å². The molecular formula is C15H17N3O3S. The van der Waals surface area contributed by atoms with E-state index in [9.17, 15) is 9.59 Å². The highest BCUT2D eigenvalue weighted by Gasteiger charge is 2.34. The lowest BCUT2D eigenvalue weighted by Crippen LogP contribution is -2.28. The van der Waals surface area contributed by atoms with E-state index in [-0.39, 0.29) is 23.4 Å². The van der Waals surface area contributed by atoms with Gasteiger partial charge in [-0.1, -0.05) is 0 Å². The molecule has 7 heteroatoms. The Bertz CT molecular complexity index is 741. The van der Waals surface area contributed by atoms with E-state index in [1.165, 1.54) is 0 Å². The van der Waals surface area contributed by atoms with Crippen molar-refractivity contribution in [1.82, 2.24) is 9.78 Å². The van der Waals surface area contributed by atoms with Gasteiger partial charge in [0.2, 0.25) is 5.91 Å². The molecule has 2 aliphatic heterocycles. The number of fused-ring (bicyclic) bond motifs is 1. The van der Waals surface area contributed by atoms with Crippen LogP contribution in [-0.4, -0.2) is 28.9 Å². The number of rotatable bonds is 2. The predicted octanol–water partition coefficient (Wildman–Crippen LogP) is 2.06. The molecule has 0 aliphatic carbocycles. The summed E-state index contributed by atoms with van der Waals surface area (Å²) in [6.07, 6.45) is 2.01. The molecule has 0 radical (unpaired) electrons. The number of thiophene rings is 1. The summed E-state index contributed by atoms with van der Waals surface area (Å²) in [4.78, 5) is 24.6. The second kappa shape index (κ2) is 5.40. The Hall–Kier alpha value is -1.86. The number of carbonyl (C=O) groups is 1. The summed E-state index contributed by atoms with van der Waals surface area (Å²) < 4.78 is 7.23. The number of nitrogens with one attached hydrogen (secondary N) is 2. The van der Waals surface area contributed by atoms with E-state index in [0.29, 0.717) is 31.0 Å². The molecule has 0 aromatic carbocycles. The van der Waals surface area contributed by atoms with Gasteiger partial charge in [-0.25, -0.2) is 0 Å². The van der Waals surface area contributed by atoms with E-state index in [1.54, 1.807) is 11.3 Å². The molecule has 2 aromatic rings. The molecule has 2 N–H and O–H groups in total. The van der Waals surface area contributed by atoms with Crippen LogP contribution in [0.25, 0.3) is 0 Å². The number of ether oxygens (including phenoxy) is 1. The molecule has 0 bridgehead atoms. The van der Waals surface area contributed by atoms with Gasteiger partial charge in [-0.3, -0.25) is 19.4 Å². The van der Waals surface area contributed by atoms with Crippen molar-refractivity contribution in [1.29, 1.82) is 0 Å². The van der Waals surface area contributed by atoms with Crippen LogP contribution in [0.3, 0.4) is 0 Å². The van der Waals surface area contributed by atoms with Gasteiger partial charge in [-0.2, -0.15) is 11.3 Å². The number of amides is 1. The zero-order chi connectivity index (χ0) is 15.1. The van der Waals surface area contributed by atoms with Crippen molar-refractivity contribution in [2.75, 3.05) is 18.5 Å². The summed E-state index contributed by atoms with van der Waals surface area (Å²) >= 11 is 1.58. The maximum absolute atomic E-state index is 12.5. The topological polar surface area (TPSA) is 76.1 Å². The number of carbonyl (C=O) groups excluding carboxylic acids is 1. The van der Waals surface area contributed by atoms with Gasteiger partial charge in [-0.15, -0.1) is 0 Å². The van der Waals surface area contributed by atoms with Crippen molar-refractivity contribution in [3.05, 3.63) is 38.3 Å². The highest BCUT2D eigenvalue weighted by atomic mass is 32.1. The van der Waals surface area contributed by atoms with Crippen LogP contribution in [0.15, 0.2) is 21.6 Å². The van der Waals surface area contributed by atoms with Crippen LogP contribution in [-0.2, 0) is 9.53 Å². The van der Waals surface area contributed by atoms with Gasteiger partial charge in [-0.05, 0) is 35.2 Å². The largest absolute Gasteiger partial charge is 0.381 e. The highest BCUT2D eigenvalue weighted by molar-refractivity contribution is 7.08. The molecule has 4 rings (SSSR count). The third-order valence-electron chi connectivity index (χ3n) is 4.46. The van der Waals surface area contributed by atoms with E-state index in [0.717, 1.165) is 18.4 Å². The maximum atomic E-state index is 12.5. The lowest BCUT2D eigenvalue weighted by atomic mass is 9.89. The SMILES string of the molecule is O=C1C[C@H](c2ccsc2)c2c(n(C3CCOCC3)[nH]c2=O)N1. The lowest BCUT2D eigenvalue weighted by Gasteiger charge is -2.27. The minimum absolute atomic E-state index is 0.0384. The third kappa shape index (κ3) is 2.21. The van der Waals surface area contributed by atoms with E-state index in [1.807, 2.05) is 21.5 Å². The van der Waals surface area contributed by atoms with Crippen molar-refractivity contribution < 1.29 is 9.53 Å². The minimum Gasteiger partial charge on any atom is -0.381 e. The summed E-state index contributed by atoms with van der Waals surface area (Å²) in [7, 11) is 0. The Balaban J connectivity index is 1.81. The highest BCUT2D eigenvalue weighted by Crippen LogP contribution is 2.37. The average Bonchev–Trinajstić information content (AvgIpc) is 3.16. The number of hydrogen-bond donors (Lipinski definition) is 2. The van der Waals surface area contributed by atoms with Crippen molar-refractivity contribution in [2.24, 2.45) is 0 Å². The Morgan fingerprint density at radius 2 is 2.09 bits per heavy atom. The van der Waals surface area contributed by atoms with Crippen molar-refractivity contribution >= 4 is 23.1 Å². The summed E-state index contributed by atoms with van der Waals surface area (Å²) in [6.45, 7) is 1.36. The van der Waals surface area contributed by atoms with Gasteiger partial charge in [0.25, 0.3) is 5.56 Å². The monoisotopic (exact) mass is 319 g/mol. The number of nitrogens with zero attached hydrogens (tertiary/aromatic N) is 1. The summed E-state index contributed by atoms with van der Waals surface area (Å²) in [5.74, 6) is 0.452. The van der Waals surface area contributed by atoms with Crippen molar-refractivity contribution in [2.45, 2.75) is 31.2 Å². The molecule has 1 atom stereocenters. The molecule has 6 nitrogen and oxygen atoms in total. The fraction of sp³-hybridized carbons (Fsp3) is 0.467. The molecule has 22 heavy (non-hydrogen) atoms. The van der Waals surface area contributed by atoms with E-state index >= 15 is 0 Å². The van der Waals surface area contributed by atoms with E-state index in [4.69, 9.17) is 4.74 Å². The Morgan fingerprint density at radius 3 is 2.82 bits per heavy atom. The molecule has 2 aromatic heterocycles. The molecule has 0 spiro atoms. The minimum atomic E-state index is -0.153. The number of aromatic nitrogens is 2. The average molecular weight is 319 g/mol. The Kier molecular flexibility index (Phi) is 3.38. The maximum Gasteiger partial charge on any atom is 0.270 e. The van der Waals surface area contributed by atoms with E-state index in [2.05, 4.69) is 10.4 Å². The van der Waals surface area contributed by atoms with Crippen LogP contribution >= 0.6 is 11.3 Å². The van der Waals surface area contributed by atoms with Gasteiger partial charge < -0.3 is 10.1 Å². The van der Waals surface area contributed by atoms with Crippen LogP contribution in [0.4, 0.5) is 5.82 Å². The summed E-state index contributed by atoms with van der Waals surface area (Å²) in [5.41, 5.74) is 1.62. The quantitative estimate of drug-likeness (QED) is 0.889. The molecule has 1 amide bonds. The van der Waals surface area contributed by atoms with Gasteiger partial charge in [0.05, 0.1) is 11.6 Å².